The van der Waals surface area contributed by atoms with E-state index in [9.17, 15) is 14.7 Å². The van der Waals surface area contributed by atoms with Gasteiger partial charge in [-0.15, -0.1) is 0 Å². The molecule has 1 unspecified atom stereocenters. The summed E-state index contributed by atoms with van der Waals surface area (Å²) in [5.74, 6) is -1.43. The molecule has 164 valence electrons. The first-order valence-electron chi connectivity index (χ1n) is 10.7. The fourth-order valence-electron chi connectivity index (χ4n) is 3.87. The molecule has 1 amide bonds. The maximum absolute atomic E-state index is 13.0. The summed E-state index contributed by atoms with van der Waals surface area (Å²) < 4.78 is 5.16. The number of aliphatic hydroxyl groups is 1. The number of methoxy groups -OCH3 is 1. The lowest BCUT2D eigenvalue weighted by molar-refractivity contribution is -0.140. The predicted octanol–water partition coefficient (Wildman–Crippen LogP) is 4.61. The first-order chi connectivity index (χ1) is 14.7. The molecule has 5 nitrogen and oxygen atoms in total. The molecule has 0 spiro atoms. The Balaban J connectivity index is 2.12. The van der Waals surface area contributed by atoms with E-state index in [-0.39, 0.29) is 23.3 Å². The van der Waals surface area contributed by atoms with E-state index in [0.29, 0.717) is 12.2 Å². The first-order valence-corrected chi connectivity index (χ1v) is 10.7. The molecule has 1 atom stereocenters. The Hall–Kier alpha value is -2.92. The summed E-state index contributed by atoms with van der Waals surface area (Å²) in [4.78, 5) is 27.3. The minimum absolute atomic E-state index is 0.0165. The van der Waals surface area contributed by atoms with Gasteiger partial charge < -0.3 is 14.7 Å². The Kier molecular flexibility index (Phi) is 6.65. The summed E-state index contributed by atoms with van der Waals surface area (Å²) in [6.07, 6.45) is 0.878. The molecule has 1 N–H and O–H groups in total. The molecule has 0 saturated carbocycles. The second-order valence-corrected chi connectivity index (χ2v) is 8.91. The van der Waals surface area contributed by atoms with Crippen molar-refractivity contribution >= 4 is 17.4 Å². The van der Waals surface area contributed by atoms with Gasteiger partial charge in [0, 0.05) is 19.2 Å². The number of aryl methyl sites for hydroxylation is 1. The highest BCUT2D eigenvalue weighted by molar-refractivity contribution is 6.46. The van der Waals surface area contributed by atoms with Crippen molar-refractivity contribution in [3.8, 4) is 0 Å². The fourth-order valence-corrected chi connectivity index (χ4v) is 3.87. The summed E-state index contributed by atoms with van der Waals surface area (Å²) in [5, 5.41) is 11.1. The van der Waals surface area contributed by atoms with Gasteiger partial charge in [0.15, 0.2) is 0 Å². The molecule has 2 aromatic rings. The van der Waals surface area contributed by atoms with Crippen LogP contribution in [-0.4, -0.2) is 42.0 Å². The van der Waals surface area contributed by atoms with Crippen molar-refractivity contribution in [1.29, 1.82) is 0 Å². The van der Waals surface area contributed by atoms with Gasteiger partial charge in [-0.1, -0.05) is 76.2 Å². The molecule has 1 saturated heterocycles. The van der Waals surface area contributed by atoms with Crippen molar-refractivity contribution in [1.82, 2.24) is 4.90 Å². The van der Waals surface area contributed by atoms with Crippen molar-refractivity contribution in [2.24, 2.45) is 0 Å². The van der Waals surface area contributed by atoms with Gasteiger partial charge >= 0.3 is 0 Å². The minimum Gasteiger partial charge on any atom is -0.507 e. The molecule has 1 aliphatic rings. The van der Waals surface area contributed by atoms with E-state index in [1.165, 1.54) is 4.90 Å². The molecular weight excluding hydrogens is 390 g/mol. The van der Waals surface area contributed by atoms with Gasteiger partial charge in [0.2, 0.25) is 0 Å². The summed E-state index contributed by atoms with van der Waals surface area (Å²) >= 11 is 0. The lowest BCUT2D eigenvalue weighted by Crippen LogP contribution is -2.32. The molecule has 1 aliphatic heterocycles. The van der Waals surface area contributed by atoms with E-state index >= 15 is 0 Å². The van der Waals surface area contributed by atoms with E-state index in [4.69, 9.17) is 4.74 Å². The van der Waals surface area contributed by atoms with Crippen LogP contribution in [-0.2, 0) is 26.2 Å². The van der Waals surface area contributed by atoms with Crippen molar-refractivity contribution < 1.29 is 19.4 Å². The number of rotatable bonds is 6. The first kappa shape index (κ1) is 22.8. The number of amides is 1. The number of ether oxygens (including phenoxy) is 1. The number of hydrogen-bond acceptors (Lipinski definition) is 4. The van der Waals surface area contributed by atoms with E-state index in [1.54, 1.807) is 19.2 Å². The maximum Gasteiger partial charge on any atom is 0.295 e. The van der Waals surface area contributed by atoms with Crippen molar-refractivity contribution in [2.45, 2.75) is 45.6 Å². The zero-order valence-corrected chi connectivity index (χ0v) is 18.9. The molecule has 1 fully saturated rings. The summed E-state index contributed by atoms with van der Waals surface area (Å²) in [7, 11) is 1.55. The molecule has 3 rings (SSSR count). The van der Waals surface area contributed by atoms with Gasteiger partial charge in [0.1, 0.15) is 5.76 Å². The van der Waals surface area contributed by atoms with Crippen LogP contribution in [0.2, 0.25) is 0 Å². The van der Waals surface area contributed by atoms with Crippen LogP contribution >= 0.6 is 0 Å². The minimum atomic E-state index is -0.668. The van der Waals surface area contributed by atoms with E-state index in [1.807, 2.05) is 36.4 Å². The highest BCUT2D eigenvalue weighted by Crippen LogP contribution is 2.39. The van der Waals surface area contributed by atoms with Gasteiger partial charge in [-0.25, -0.2) is 0 Å². The standard InChI is InChI=1S/C26H31NO4/c1-6-17-7-9-19(10-8-17)23(28)21-22(27(15-16-31-5)25(30)24(21)29)18-11-13-20(14-12-18)26(2,3)4/h7-14,22,28H,6,15-16H2,1-5H3/b23-21-. The molecule has 0 bridgehead atoms. The predicted molar refractivity (Wildman–Crippen MR) is 122 cm³/mol. The number of likely N-dealkylation sites (tertiary alicyclic amines) is 1. The highest BCUT2D eigenvalue weighted by atomic mass is 16.5. The largest absolute Gasteiger partial charge is 0.507 e. The quantitative estimate of drug-likeness (QED) is 0.420. The molecular formula is C26H31NO4. The number of benzene rings is 2. The average Bonchev–Trinajstić information content (AvgIpc) is 3.01. The van der Waals surface area contributed by atoms with Crippen LogP contribution in [0.3, 0.4) is 0 Å². The average molecular weight is 422 g/mol. The molecule has 31 heavy (non-hydrogen) atoms. The van der Waals surface area contributed by atoms with E-state index in [0.717, 1.165) is 23.1 Å². The van der Waals surface area contributed by atoms with E-state index in [2.05, 4.69) is 27.7 Å². The Labute approximate surface area is 184 Å². The van der Waals surface area contributed by atoms with E-state index < -0.39 is 17.7 Å². The third-order valence-corrected chi connectivity index (χ3v) is 5.80. The lowest BCUT2D eigenvalue weighted by Gasteiger charge is -2.26. The normalized spacial score (nSPS) is 18.6. The zero-order valence-electron chi connectivity index (χ0n) is 18.9. The van der Waals surface area contributed by atoms with Crippen molar-refractivity contribution in [3.63, 3.8) is 0 Å². The number of aliphatic hydroxyl groups excluding tert-OH is 1. The molecule has 5 heteroatoms. The van der Waals surface area contributed by atoms with Crippen molar-refractivity contribution in [2.75, 3.05) is 20.3 Å². The Bertz CT molecular complexity index is 982. The van der Waals surface area contributed by atoms with Crippen LogP contribution in [0.5, 0.6) is 0 Å². The van der Waals surface area contributed by atoms with Gasteiger partial charge in [-0.2, -0.15) is 0 Å². The smallest absolute Gasteiger partial charge is 0.295 e. The summed E-state index contributed by atoms with van der Waals surface area (Å²) in [6, 6.07) is 14.7. The number of Topliss-reactive ketones (excluding diaryl/α,β-unsaturated/α-hetero) is 1. The molecule has 0 aliphatic carbocycles. The Morgan fingerprint density at radius 1 is 1.03 bits per heavy atom. The number of ketones is 1. The number of nitrogens with zero attached hydrogens (tertiary/aromatic N) is 1. The second kappa shape index (κ2) is 9.06. The molecule has 1 heterocycles. The van der Waals surface area contributed by atoms with Crippen LogP contribution in [0.1, 0.15) is 56.0 Å². The number of carbonyl (C=O) groups is 2. The Morgan fingerprint density at radius 2 is 1.65 bits per heavy atom. The summed E-state index contributed by atoms with van der Waals surface area (Å²) in [6.45, 7) is 9.01. The molecule has 0 radical (unpaired) electrons. The lowest BCUT2D eigenvalue weighted by atomic mass is 9.85. The van der Waals surface area contributed by atoms with Crippen LogP contribution < -0.4 is 0 Å². The van der Waals surface area contributed by atoms with Crippen LogP contribution in [0.15, 0.2) is 54.1 Å². The third kappa shape index (κ3) is 4.57. The van der Waals surface area contributed by atoms with Gasteiger partial charge in [0.05, 0.1) is 18.2 Å². The molecule has 0 aromatic heterocycles. The van der Waals surface area contributed by atoms with Gasteiger partial charge in [0.25, 0.3) is 11.7 Å². The topological polar surface area (TPSA) is 66.8 Å². The van der Waals surface area contributed by atoms with Gasteiger partial charge in [-0.3, -0.25) is 9.59 Å². The third-order valence-electron chi connectivity index (χ3n) is 5.80. The van der Waals surface area contributed by atoms with Gasteiger partial charge in [-0.05, 0) is 28.5 Å². The maximum atomic E-state index is 13.0. The summed E-state index contributed by atoms with van der Waals surface area (Å²) in [5.41, 5.74) is 3.70. The molecule has 2 aromatic carbocycles. The van der Waals surface area contributed by atoms with Crippen LogP contribution in [0.25, 0.3) is 5.76 Å². The number of hydrogen-bond donors (Lipinski definition) is 1. The second-order valence-electron chi connectivity index (χ2n) is 8.91. The number of carbonyl (C=O) groups excluding carboxylic acids is 2. The zero-order chi connectivity index (χ0) is 22.8. The monoisotopic (exact) mass is 421 g/mol. The SMILES string of the molecule is CCc1ccc(/C(O)=C2/C(=O)C(=O)N(CCOC)C2c2ccc(C(C)(C)C)cc2)cc1. The van der Waals surface area contributed by atoms with Crippen LogP contribution in [0, 0.1) is 0 Å². The van der Waals surface area contributed by atoms with Crippen LogP contribution in [0.4, 0.5) is 0 Å². The fraction of sp³-hybridized carbons (Fsp3) is 0.385. The Morgan fingerprint density at radius 3 is 2.16 bits per heavy atom. The highest BCUT2D eigenvalue weighted by Gasteiger charge is 2.45. The van der Waals surface area contributed by atoms with Crippen molar-refractivity contribution in [3.05, 3.63) is 76.4 Å².